The van der Waals surface area contributed by atoms with Gasteiger partial charge in [-0.2, -0.15) is 8.42 Å². The number of rotatable bonds is 4. The third-order valence-corrected chi connectivity index (χ3v) is 4.32. The smallest absolute Gasteiger partial charge is 0.294 e. The monoisotopic (exact) mass is 319 g/mol. The van der Waals surface area contributed by atoms with Crippen molar-refractivity contribution in [3.8, 4) is 0 Å². The fraction of sp³-hybridized carbons (Fsp3) is 0.188. The largest absolute Gasteiger partial charge is 0.358 e. The molecule has 0 saturated heterocycles. The van der Waals surface area contributed by atoms with Crippen LogP contribution in [-0.4, -0.2) is 25.9 Å². The molecule has 0 bridgehead atoms. The number of nitrogens with one attached hydrogen (secondary N) is 1. The van der Waals surface area contributed by atoms with Crippen molar-refractivity contribution >= 4 is 16.0 Å². The summed E-state index contributed by atoms with van der Waals surface area (Å²) in [6, 6.07) is 13.4. The van der Waals surface area contributed by atoms with Gasteiger partial charge in [0, 0.05) is 7.05 Å². The third-order valence-electron chi connectivity index (χ3n) is 3.40. The molecular weight excluding hydrogens is 302 g/mol. The van der Waals surface area contributed by atoms with E-state index in [0.29, 0.717) is 5.56 Å². The molecule has 22 heavy (non-hydrogen) atoms. The highest BCUT2D eigenvalue weighted by atomic mass is 32.2. The zero-order chi connectivity index (χ0) is 16.3. The average Bonchev–Trinajstić information content (AvgIpc) is 2.47. The highest BCUT2D eigenvalue weighted by Gasteiger charge is 2.28. The van der Waals surface area contributed by atoms with Crippen LogP contribution in [0.15, 0.2) is 53.4 Å². The van der Waals surface area contributed by atoms with Crippen molar-refractivity contribution in [3.05, 3.63) is 65.2 Å². The van der Waals surface area contributed by atoms with Crippen molar-refractivity contribution in [2.75, 3.05) is 7.05 Å². The second-order valence-electron chi connectivity index (χ2n) is 4.97. The van der Waals surface area contributed by atoms with Gasteiger partial charge in [-0.05, 0) is 24.1 Å². The number of carbonyl (C=O) groups is 1. The summed E-state index contributed by atoms with van der Waals surface area (Å²) in [5, 5.41) is 2.54. The van der Waals surface area contributed by atoms with Gasteiger partial charge in [0.2, 0.25) is 5.91 Å². The van der Waals surface area contributed by atoms with Crippen LogP contribution in [0.3, 0.4) is 0 Å². The standard InChI is InChI=1S/C16H17NO4S/c1-11-8-9-14(22(19,20)21)13(10-11)15(16(18)17-2)12-6-4-3-5-7-12/h3-10,15H,1-2H3,(H,17,18)(H,19,20,21)/t15-/m0/s1. The van der Waals surface area contributed by atoms with Crippen molar-refractivity contribution < 1.29 is 17.8 Å². The van der Waals surface area contributed by atoms with E-state index >= 15 is 0 Å². The first-order valence-electron chi connectivity index (χ1n) is 6.69. The van der Waals surface area contributed by atoms with E-state index < -0.39 is 16.0 Å². The molecule has 0 radical (unpaired) electrons. The highest BCUT2D eigenvalue weighted by molar-refractivity contribution is 7.85. The maximum atomic E-state index is 12.3. The van der Waals surface area contributed by atoms with Crippen LogP contribution in [0.25, 0.3) is 0 Å². The van der Waals surface area contributed by atoms with Crippen LogP contribution < -0.4 is 5.32 Å². The zero-order valence-electron chi connectivity index (χ0n) is 12.3. The Balaban J connectivity index is 2.73. The first-order chi connectivity index (χ1) is 10.3. The molecule has 0 fully saturated rings. The molecule has 2 rings (SSSR count). The predicted molar refractivity (Wildman–Crippen MR) is 83.3 cm³/mol. The number of likely N-dealkylation sites (N-methyl/N-ethyl adjacent to an activating group) is 1. The minimum atomic E-state index is -4.42. The normalized spacial score (nSPS) is 12.7. The maximum Gasteiger partial charge on any atom is 0.294 e. The summed E-state index contributed by atoms with van der Waals surface area (Å²) in [7, 11) is -2.94. The van der Waals surface area contributed by atoms with E-state index in [-0.39, 0.29) is 16.4 Å². The second kappa shape index (κ2) is 6.29. The summed E-state index contributed by atoms with van der Waals surface area (Å²) in [5.74, 6) is -1.16. The molecule has 0 spiro atoms. The van der Waals surface area contributed by atoms with Crippen molar-refractivity contribution in [2.45, 2.75) is 17.7 Å². The molecule has 2 aromatic carbocycles. The summed E-state index contributed by atoms with van der Waals surface area (Å²) in [6.45, 7) is 1.79. The van der Waals surface area contributed by atoms with Gasteiger partial charge in [-0.25, -0.2) is 0 Å². The lowest BCUT2D eigenvalue weighted by Crippen LogP contribution is -2.27. The Bertz CT molecular complexity index is 785. The van der Waals surface area contributed by atoms with Gasteiger partial charge >= 0.3 is 0 Å². The molecule has 2 aromatic rings. The van der Waals surface area contributed by atoms with E-state index in [0.717, 1.165) is 5.56 Å². The average molecular weight is 319 g/mol. The Labute approximate surface area is 129 Å². The summed E-state index contributed by atoms with van der Waals surface area (Å²) in [4.78, 5) is 12.1. The summed E-state index contributed by atoms with van der Waals surface area (Å²) in [6.07, 6.45) is 0. The fourth-order valence-corrected chi connectivity index (χ4v) is 3.11. The minimum absolute atomic E-state index is 0.254. The number of hydrogen-bond donors (Lipinski definition) is 2. The molecular formula is C16H17NO4S. The third kappa shape index (κ3) is 3.35. The van der Waals surface area contributed by atoms with Gasteiger partial charge < -0.3 is 5.32 Å². The number of aryl methyl sites for hydroxylation is 1. The Hall–Kier alpha value is -2.18. The minimum Gasteiger partial charge on any atom is -0.358 e. The molecule has 0 aliphatic carbocycles. The Morgan fingerprint density at radius 1 is 1.14 bits per heavy atom. The quantitative estimate of drug-likeness (QED) is 0.846. The number of benzene rings is 2. The summed E-state index contributed by atoms with van der Waals surface area (Å²) < 4.78 is 32.7. The van der Waals surface area contributed by atoms with E-state index in [4.69, 9.17) is 0 Å². The van der Waals surface area contributed by atoms with Crippen LogP contribution in [0.4, 0.5) is 0 Å². The van der Waals surface area contributed by atoms with Gasteiger partial charge in [-0.15, -0.1) is 0 Å². The Morgan fingerprint density at radius 2 is 1.77 bits per heavy atom. The van der Waals surface area contributed by atoms with Gasteiger partial charge in [-0.1, -0.05) is 48.0 Å². The lowest BCUT2D eigenvalue weighted by molar-refractivity contribution is -0.121. The van der Waals surface area contributed by atoms with E-state index in [2.05, 4.69) is 5.32 Å². The molecule has 0 saturated carbocycles. The van der Waals surface area contributed by atoms with Crippen molar-refractivity contribution in [1.82, 2.24) is 5.32 Å². The SMILES string of the molecule is CNC(=O)[C@@H](c1ccccc1)c1cc(C)ccc1S(=O)(=O)O. The molecule has 116 valence electrons. The van der Waals surface area contributed by atoms with Crippen LogP contribution >= 0.6 is 0 Å². The molecule has 0 aliphatic rings. The molecule has 1 atom stereocenters. The van der Waals surface area contributed by atoms with Crippen molar-refractivity contribution in [3.63, 3.8) is 0 Å². The molecule has 1 amide bonds. The van der Waals surface area contributed by atoms with E-state index in [9.17, 15) is 17.8 Å². The number of carbonyl (C=O) groups excluding carboxylic acids is 1. The van der Waals surface area contributed by atoms with E-state index in [1.54, 1.807) is 43.3 Å². The molecule has 5 nitrogen and oxygen atoms in total. The van der Waals surface area contributed by atoms with Crippen LogP contribution in [0, 0.1) is 6.92 Å². The van der Waals surface area contributed by atoms with E-state index in [1.165, 1.54) is 13.1 Å². The van der Waals surface area contributed by atoms with Gasteiger partial charge in [0.05, 0.1) is 10.8 Å². The van der Waals surface area contributed by atoms with Crippen LogP contribution in [0.5, 0.6) is 0 Å². The molecule has 0 aliphatic heterocycles. The molecule has 0 unspecified atom stereocenters. The zero-order valence-corrected chi connectivity index (χ0v) is 13.1. The maximum absolute atomic E-state index is 12.3. The van der Waals surface area contributed by atoms with Crippen molar-refractivity contribution in [1.29, 1.82) is 0 Å². The van der Waals surface area contributed by atoms with Crippen LogP contribution in [0.1, 0.15) is 22.6 Å². The fourth-order valence-electron chi connectivity index (χ4n) is 2.39. The molecule has 2 N–H and O–H groups in total. The summed E-state index contributed by atoms with van der Waals surface area (Å²) >= 11 is 0. The second-order valence-corrected chi connectivity index (χ2v) is 6.36. The molecule has 0 heterocycles. The van der Waals surface area contributed by atoms with E-state index in [1.807, 2.05) is 6.07 Å². The van der Waals surface area contributed by atoms with Crippen molar-refractivity contribution in [2.24, 2.45) is 0 Å². The first-order valence-corrected chi connectivity index (χ1v) is 8.13. The summed E-state index contributed by atoms with van der Waals surface area (Å²) in [5.41, 5.74) is 1.71. The number of amides is 1. The first kappa shape index (κ1) is 16.2. The highest BCUT2D eigenvalue weighted by Crippen LogP contribution is 2.31. The van der Waals surface area contributed by atoms with Gasteiger partial charge in [0.15, 0.2) is 0 Å². The lowest BCUT2D eigenvalue weighted by atomic mass is 9.89. The van der Waals surface area contributed by atoms with Crippen LogP contribution in [0.2, 0.25) is 0 Å². The number of hydrogen-bond acceptors (Lipinski definition) is 3. The Kier molecular flexibility index (Phi) is 4.63. The lowest BCUT2D eigenvalue weighted by Gasteiger charge is -2.19. The van der Waals surface area contributed by atoms with Gasteiger partial charge in [0.25, 0.3) is 10.1 Å². The molecule has 6 heteroatoms. The Morgan fingerprint density at radius 3 is 2.32 bits per heavy atom. The molecule has 0 aromatic heterocycles. The topological polar surface area (TPSA) is 83.5 Å². The predicted octanol–water partition coefficient (Wildman–Crippen LogP) is 2.12. The van der Waals surface area contributed by atoms with Gasteiger partial charge in [0.1, 0.15) is 0 Å². The van der Waals surface area contributed by atoms with Crippen LogP contribution in [-0.2, 0) is 14.9 Å². The van der Waals surface area contributed by atoms with Gasteiger partial charge in [-0.3, -0.25) is 9.35 Å².